The first-order chi connectivity index (χ1) is 11.4. The normalized spacial score (nSPS) is 16.0. The average molecular weight is 417 g/mol. The van der Waals surface area contributed by atoms with Crippen LogP contribution in [0.1, 0.15) is 24.4 Å². The van der Waals surface area contributed by atoms with Crippen molar-refractivity contribution in [1.29, 1.82) is 0 Å². The van der Waals surface area contributed by atoms with Crippen LogP contribution in [0.3, 0.4) is 0 Å². The van der Waals surface area contributed by atoms with E-state index < -0.39 is 6.36 Å². The number of allylic oxidation sites excluding steroid dienone is 1. The monoisotopic (exact) mass is 416 g/mol. The SMILES string of the molecule is C=CCC[C@H](c1cc(OC(F)(F)F)ccc1OC)N1CCNCC1.Cl.Cl. The van der Waals surface area contributed by atoms with Crippen LogP contribution in [-0.2, 0) is 0 Å². The van der Waals surface area contributed by atoms with Gasteiger partial charge in [-0.15, -0.1) is 44.6 Å². The third kappa shape index (κ3) is 7.23. The van der Waals surface area contributed by atoms with Crippen LogP contribution < -0.4 is 14.8 Å². The average Bonchev–Trinajstić information content (AvgIpc) is 2.55. The van der Waals surface area contributed by atoms with E-state index in [9.17, 15) is 13.2 Å². The van der Waals surface area contributed by atoms with Crippen molar-refractivity contribution in [3.05, 3.63) is 36.4 Å². The maximum absolute atomic E-state index is 12.5. The first-order valence-electron chi connectivity index (χ1n) is 7.94. The summed E-state index contributed by atoms with van der Waals surface area (Å²) in [4.78, 5) is 2.26. The highest BCUT2D eigenvalue weighted by Crippen LogP contribution is 2.37. The number of methoxy groups -OCH3 is 1. The van der Waals surface area contributed by atoms with Gasteiger partial charge < -0.3 is 14.8 Å². The van der Waals surface area contributed by atoms with Crippen molar-refractivity contribution < 1.29 is 22.6 Å². The molecule has 0 radical (unpaired) electrons. The Labute approximate surface area is 164 Å². The zero-order valence-corrected chi connectivity index (χ0v) is 16.2. The van der Waals surface area contributed by atoms with Gasteiger partial charge in [0.05, 0.1) is 7.11 Å². The van der Waals surface area contributed by atoms with Gasteiger partial charge >= 0.3 is 6.36 Å². The maximum atomic E-state index is 12.5. The molecule has 1 atom stereocenters. The van der Waals surface area contributed by atoms with E-state index in [1.165, 1.54) is 25.3 Å². The smallest absolute Gasteiger partial charge is 0.496 e. The number of halogens is 5. The van der Waals surface area contributed by atoms with E-state index >= 15 is 0 Å². The molecule has 1 aliphatic rings. The van der Waals surface area contributed by atoms with Crippen LogP contribution >= 0.6 is 24.8 Å². The summed E-state index contributed by atoms with van der Waals surface area (Å²) < 4.78 is 47.0. The minimum absolute atomic E-state index is 0. The van der Waals surface area contributed by atoms with E-state index in [4.69, 9.17) is 4.74 Å². The van der Waals surface area contributed by atoms with Crippen LogP contribution in [0.5, 0.6) is 11.5 Å². The minimum Gasteiger partial charge on any atom is -0.496 e. The van der Waals surface area contributed by atoms with Gasteiger partial charge in [-0.1, -0.05) is 6.08 Å². The quantitative estimate of drug-likeness (QED) is 0.669. The highest BCUT2D eigenvalue weighted by molar-refractivity contribution is 5.85. The van der Waals surface area contributed by atoms with Crippen LogP contribution in [0.25, 0.3) is 0 Å². The molecule has 1 heterocycles. The number of nitrogens with zero attached hydrogens (tertiary/aromatic N) is 1. The summed E-state index contributed by atoms with van der Waals surface area (Å²) in [6.07, 6.45) is -1.37. The van der Waals surface area contributed by atoms with Crippen LogP contribution in [0, 0.1) is 0 Å². The van der Waals surface area contributed by atoms with Crippen molar-refractivity contribution in [3.63, 3.8) is 0 Å². The Morgan fingerprint density at radius 1 is 1.27 bits per heavy atom. The standard InChI is InChI=1S/C17H23F3N2O2.2ClH/c1-3-4-5-15(22-10-8-21-9-11-22)14-12-13(24-17(18,19)20)6-7-16(14)23-2;;/h3,6-7,12,15,21H,1,4-5,8-11H2,2H3;2*1H/t15-;;/m1../s1. The third-order valence-corrected chi connectivity index (χ3v) is 4.03. The fourth-order valence-electron chi connectivity index (χ4n) is 2.97. The molecule has 2 rings (SSSR count). The lowest BCUT2D eigenvalue weighted by Gasteiger charge is -2.36. The molecule has 1 saturated heterocycles. The Morgan fingerprint density at radius 2 is 1.92 bits per heavy atom. The molecule has 9 heteroatoms. The van der Waals surface area contributed by atoms with Crippen molar-refractivity contribution in [2.24, 2.45) is 0 Å². The van der Waals surface area contributed by atoms with Gasteiger partial charge in [0.1, 0.15) is 11.5 Å². The molecule has 1 aliphatic heterocycles. The number of rotatable bonds is 7. The summed E-state index contributed by atoms with van der Waals surface area (Å²) in [7, 11) is 1.52. The predicted octanol–water partition coefficient (Wildman–Crippen LogP) is 4.35. The van der Waals surface area contributed by atoms with E-state index in [0.717, 1.165) is 39.0 Å². The number of ether oxygens (including phenoxy) is 2. The molecule has 1 aromatic rings. The summed E-state index contributed by atoms with van der Waals surface area (Å²) in [6.45, 7) is 7.11. The number of hydrogen-bond acceptors (Lipinski definition) is 4. The molecule has 150 valence electrons. The molecular weight excluding hydrogens is 392 g/mol. The van der Waals surface area contributed by atoms with Crippen LogP contribution in [0.15, 0.2) is 30.9 Å². The molecule has 4 nitrogen and oxygen atoms in total. The molecular formula is C17H25Cl2F3N2O2. The first kappa shape index (κ1) is 24.8. The van der Waals surface area contributed by atoms with E-state index in [1.54, 1.807) is 0 Å². The van der Waals surface area contributed by atoms with E-state index in [-0.39, 0.29) is 36.6 Å². The van der Waals surface area contributed by atoms with Gasteiger partial charge in [-0.2, -0.15) is 0 Å². The Bertz CT molecular complexity index is 553. The van der Waals surface area contributed by atoms with Gasteiger partial charge in [-0.05, 0) is 31.0 Å². The van der Waals surface area contributed by atoms with Crippen molar-refractivity contribution >= 4 is 24.8 Å². The van der Waals surface area contributed by atoms with Crippen LogP contribution in [-0.4, -0.2) is 44.6 Å². The van der Waals surface area contributed by atoms with E-state index in [0.29, 0.717) is 11.3 Å². The Hall–Kier alpha value is -1.15. The highest BCUT2D eigenvalue weighted by Gasteiger charge is 2.32. The van der Waals surface area contributed by atoms with E-state index in [1.807, 2.05) is 6.08 Å². The molecule has 1 fully saturated rings. The van der Waals surface area contributed by atoms with Gasteiger partial charge in [0.25, 0.3) is 0 Å². The summed E-state index contributed by atoms with van der Waals surface area (Å²) >= 11 is 0. The number of nitrogens with one attached hydrogen (secondary N) is 1. The molecule has 1 N–H and O–H groups in total. The van der Waals surface area contributed by atoms with Gasteiger partial charge in [-0.25, -0.2) is 0 Å². The lowest BCUT2D eigenvalue weighted by atomic mass is 9.98. The molecule has 0 aromatic heterocycles. The van der Waals surface area contributed by atoms with Crippen LogP contribution in [0.2, 0.25) is 0 Å². The predicted molar refractivity (Wildman–Crippen MR) is 101 cm³/mol. The fraction of sp³-hybridized carbons (Fsp3) is 0.529. The summed E-state index contributed by atoms with van der Waals surface area (Å²) in [5.41, 5.74) is 0.711. The van der Waals surface area contributed by atoms with E-state index in [2.05, 4.69) is 21.5 Å². The maximum Gasteiger partial charge on any atom is 0.573 e. The minimum atomic E-state index is -4.71. The molecule has 0 aliphatic carbocycles. The molecule has 0 bridgehead atoms. The largest absolute Gasteiger partial charge is 0.573 e. The molecule has 1 aromatic carbocycles. The Balaban J connectivity index is 0.00000312. The second kappa shape index (κ2) is 11.5. The number of hydrogen-bond donors (Lipinski definition) is 1. The molecule has 0 unspecified atom stereocenters. The lowest BCUT2D eigenvalue weighted by Crippen LogP contribution is -2.45. The number of piperazine rings is 1. The van der Waals surface area contributed by atoms with Crippen molar-refractivity contribution in [2.75, 3.05) is 33.3 Å². The second-order valence-electron chi connectivity index (χ2n) is 5.62. The zero-order chi connectivity index (χ0) is 17.6. The third-order valence-electron chi connectivity index (χ3n) is 4.03. The Morgan fingerprint density at radius 3 is 2.46 bits per heavy atom. The summed E-state index contributed by atoms with van der Waals surface area (Å²) in [5, 5.41) is 3.28. The molecule has 0 saturated carbocycles. The highest BCUT2D eigenvalue weighted by atomic mass is 35.5. The molecule has 0 amide bonds. The second-order valence-corrected chi connectivity index (χ2v) is 5.62. The Kier molecular flexibility index (Phi) is 11.0. The topological polar surface area (TPSA) is 33.7 Å². The lowest BCUT2D eigenvalue weighted by molar-refractivity contribution is -0.274. The van der Waals surface area contributed by atoms with Crippen molar-refractivity contribution in [2.45, 2.75) is 25.2 Å². The number of benzene rings is 1. The first-order valence-corrected chi connectivity index (χ1v) is 7.94. The summed E-state index contributed by atoms with van der Waals surface area (Å²) in [5.74, 6) is 0.342. The van der Waals surface area contributed by atoms with Crippen molar-refractivity contribution in [1.82, 2.24) is 10.2 Å². The zero-order valence-electron chi connectivity index (χ0n) is 14.6. The van der Waals surface area contributed by atoms with Gasteiger partial charge in [0.2, 0.25) is 0 Å². The molecule has 0 spiro atoms. The van der Waals surface area contributed by atoms with Gasteiger partial charge in [-0.3, -0.25) is 4.90 Å². The van der Waals surface area contributed by atoms with Crippen LogP contribution in [0.4, 0.5) is 13.2 Å². The number of alkyl halides is 3. The fourth-order valence-corrected chi connectivity index (χ4v) is 2.97. The van der Waals surface area contributed by atoms with Gasteiger partial charge in [0.15, 0.2) is 0 Å². The summed E-state index contributed by atoms with van der Waals surface area (Å²) in [6, 6.07) is 4.19. The molecule has 26 heavy (non-hydrogen) atoms. The van der Waals surface area contributed by atoms with Gasteiger partial charge in [0, 0.05) is 37.8 Å². The van der Waals surface area contributed by atoms with Crippen molar-refractivity contribution in [3.8, 4) is 11.5 Å².